The first-order valence-corrected chi connectivity index (χ1v) is 12.7. The average Bonchev–Trinajstić information content (AvgIpc) is 2.89. The van der Waals surface area contributed by atoms with Crippen molar-refractivity contribution in [2.24, 2.45) is 0 Å². The summed E-state index contributed by atoms with van der Waals surface area (Å²) in [5.41, 5.74) is -1.71. The molecule has 11 heteroatoms. The molecule has 1 aliphatic rings. The molecule has 2 heterocycles. The molecule has 5 nitrogen and oxygen atoms in total. The zero-order valence-electron chi connectivity index (χ0n) is 21.7. The highest BCUT2D eigenvalue weighted by Crippen LogP contribution is 2.51. The van der Waals surface area contributed by atoms with E-state index in [-0.39, 0.29) is 19.4 Å². The van der Waals surface area contributed by atoms with Crippen LogP contribution in [0.3, 0.4) is 0 Å². The van der Waals surface area contributed by atoms with E-state index < -0.39 is 29.3 Å². The summed E-state index contributed by atoms with van der Waals surface area (Å²) in [5.74, 6) is -0.883. The van der Waals surface area contributed by atoms with Crippen molar-refractivity contribution in [3.8, 4) is 11.1 Å². The second-order valence-electron chi connectivity index (χ2n) is 10.2. The molecule has 2 aromatic carbocycles. The molecule has 0 unspecified atom stereocenters. The minimum absolute atomic E-state index is 0.00789. The minimum atomic E-state index is -5.50. The third kappa shape index (κ3) is 6.47. The Kier molecular flexibility index (Phi) is 8.55. The summed E-state index contributed by atoms with van der Waals surface area (Å²) < 4.78 is 80.4. The Balaban J connectivity index is 1.45. The van der Waals surface area contributed by atoms with Gasteiger partial charge in [0.1, 0.15) is 0 Å². The van der Waals surface area contributed by atoms with Gasteiger partial charge in [0.25, 0.3) is 0 Å². The van der Waals surface area contributed by atoms with Gasteiger partial charge in [-0.2, -0.15) is 26.3 Å². The molecule has 0 bridgehead atoms. The quantitative estimate of drug-likeness (QED) is 0.326. The van der Waals surface area contributed by atoms with Crippen LogP contribution in [0.2, 0.25) is 0 Å². The SMILES string of the molecule is CC(c1ccc(-c2ccc(CN3CCN(Cc4ccncc4)C[C@H]3CC(=O)O)cc2)cc1)(C(F)(F)F)C(F)(F)F. The lowest BCUT2D eigenvalue weighted by Gasteiger charge is -2.41. The smallest absolute Gasteiger partial charge is 0.406 e. The normalized spacial score (nSPS) is 17.6. The van der Waals surface area contributed by atoms with Gasteiger partial charge in [-0.3, -0.25) is 19.6 Å². The second kappa shape index (κ2) is 11.6. The fourth-order valence-corrected chi connectivity index (χ4v) is 4.97. The maximum Gasteiger partial charge on any atom is 0.406 e. The third-order valence-electron chi connectivity index (χ3n) is 7.52. The Hall–Kier alpha value is -3.44. The Morgan fingerprint density at radius 3 is 1.88 bits per heavy atom. The molecule has 0 spiro atoms. The van der Waals surface area contributed by atoms with E-state index >= 15 is 0 Å². The standard InChI is InChI=1S/C29H29F6N3O2/c1-27(28(30,31)32,29(33,34)35)24-8-6-23(7-9-24)22-4-2-20(3-5-22)18-38-15-14-37(19-25(38)16-26(39)40)17-21-10-12-36-13-11-21/h2-13,25H,14-19H2,1H3,(H,39,40)/t25-/m1/s1. The van der Waals surface area contributed by atoms with E-state index in [9.17, 15) is 36.2 Å². The number of carboxylic acid groups (broad SMARTS) is 1. The summed E-state index contributed by atoms with van der Waals surface area (Å²) in [6, 6.07) is 15.1. The molecular formula is C29H29F6N3O2. The molecule has 0 aliphatic carbocycles. The Morgan fingerprint density at radius 1 is 0.825 bits per heavy atom. The maximum atomic E-state index is 13.4. The number of aromatic nitrogens is 1. The zero-order chi connectivity index (χ0) is 29.1. The zero-order valence-corrected chi connectivity index (χ0v) is 21.7. The lowest BCUT2D eigenvalue weighted by Crippen LogP contribution is -2.52. The van der Waals surface area contributed by atoms with Crippen molar-refractivity contribution in [2.75, 3.05) is 19.6 Å². The van der Waals surface area contributed by atoms with Crippen LogP contribution in [0.25, 0.3) is 11.1 Å². The second-order valence-corrected chi connectivity index (χ2v) is 10.2. The van der Waals surface area contributed by atoms with E-state index in [2.05, 4.69) is 14.8 Å². The summed E-state index contributed by atoms with van der Waals surface area (Å²) in [4.78, 5) is 19.9. The summed E-state index contributed by atoms with van der Waals surface area (Å²) in [5, 5.41) is 9.47. The van der Waals surface area contributed by atoms with E-state index in [0.717, 1.165) is 29.8 Å². The van der Waals surface area contributed by atoms with Crippen LogP contribution in [0.4, 0.5) is 26.3 Å². The molecule has 1 aromatic heterocycles. The fraction of sp³-hybridized carbons (Fsp3) is 0.379. The van der Waals surface area contributed by atoms with Gasteiger partial charge in [-0.1, -0.05) is 48.5 Å². The summed E-state index contributed by atoms with van der Waals surface area (Å²) >= 11 is 0. The van der Waals surface area contributed by atoms with Crippen LogP contribution in [0.15, 0.2) is 73.1 Å². The summed E-state index contributed by atoms with van der Waals surface area (Å²) in [6.07, 6.45) is -7.57. The Morgan fingerprint density at radius 2 is 1.35 bits per heavy atom. The number of rotatable bonds is 8. The highest BCUT2D eigenvalue weighted by atomic mass is 19.4. The molecule has 0 saturated carbocycles. The highest BCUT2D eigenvalue weighted by molar-refractivity contribution is 5.67. The van der Waals surface area contributed by atoms with Crippen molar-refractivity contribution in [3.05, 3.63) is 89.7 Å². The molecule has 1 atom stereocenters. The van der Waals surface area contributed by atoms with Gasteiger partial charge >= 0.3 is 18.3 Å². The topological polar surface area (TPSA) is 56.7 Å². The van der Waals surface area contributed by atoms with E-state index in [1.54, 1.807) is 24.5 Å². The number of piperazine rings is 1. The predicted molar refractivity (Wildman–Crippen MR) is 137 cm³/mol. The lowest BCUT2D eigenvalue weighted by molar-refractivity contribution is -0.297. The maximum absolute atomic E-state index is 13.4. The number of halogens is 6. The molecule has 1 fully saturated rings. The summed E-state index contributed by atoms with van der Waals surface area (Å²) in [6.45, 7) is 3.38. The third-order valence-corrected chi connectivity index (χ3v) is 7.52. The van der Waals surface area contributed by atoms with Crippen molar-refractivity contribution in [2.45, 2.75) is 50.2 Å². The van der Waals surface area contributed by atoms with Crippen LogP contribution in [-0.4, -0.2) is 63.9 Å². The minimum Gasteiger partial charge on any atom is -0.481 e. The lowest BCUT2D eigenvalue weighted by atomic mass is 9.80. The molecule has 0 amide bonds. The molecule has 1 saturated heterocycles. The number of benzene rings is 2. The average molecular weight is 566 g/mol. The fourth-order valence-electron chi connectivity index (χ4n) is 4.97. The van der Waals surface area contributed by atoms with Gasteiger partial charge in [0.2, 0.25) is 0 Å². The van der Waals surface area contributed by atoms with Gasteiger partial charge < -0.3 is 5.11 Å². The highest BCUT2D eigenvalue weighted by Gasteiger charge is 2.68. The van der Waals surface area contributed by atoms with Crippen molar-refractivity contribution in [3.63, 3.8) is 0 Å². The molecule has 40 heavy (non-hydrogen) atoms. The first kappa shape index (κ1) is 29.5. The number of alkyl halides is 6. The van der Waals surface area contributed by atoms with Crippen LogP contribution < -0.4 is 0 Å². The van der Waals surface area contributed by atoms with E-state index in [0.29, 0.717) is 37.3 Å². The number of nitrogens with zero attached hydrogens (tertiary/aromatic N) is 3. The van der Waals surface area contributed by atoms with Crippen LogP contribution in [0, 0.1) is 0 Å². The molecule has 4 rings (SSSR count). The van der Waals surface area contributed by atoms with E-state index in [4.69, 9.17) is 0 Å². The molecule has 214 valence electrons. The number of carbonyl (C=O) groups is 1. The predicted octanol–water partition coefficient (Wildman–Crippen LogP) is 6.29. The summed E-state index contributed by atoms with van der Waals surface area (Å²) in [7, 11) is 0. The van der Waals surface area contributed by atoms with Gasteiger partial charge in [-0.15, -0.1) is 0 Å². The van der Waals surface area contributed by atoms with Crippen molar-refractivity contribution in [1.82, 2.24) is 14.8 Å². The Labute approximate surface area is 228 Å². The Bertz CT molecular complexity index is 1260. The molecule has 1 aliphatic heterocycles. The first-order chi connectivity index (χ1) is 18.8. The van der Waals surface area contributed by atoms with Crippen LogP contribution >= 0.6 is 0 Å². The van der Waals surface area contributed by atoms with Crippen molar-refractivity contribution >= 4 is 5.97 Å². The van der Waals surface area contributed by atoms with Gasteiger partial charge in [0.05, 0.1) is 6.42 Å². The van der Waals surface area contributed by atoms with Gasteiger partial charge in [-0.05, 0) is 46.9 Å². The monoisotopic (exact) mass is 565 g/mol. The van der Waals surface area contributed by atoms with Crippen LogP contribution in [-0.2, 0) is 23.3 Å². The van der Waals surface area contributed by atoms with Crippen molar-refractivity contribution < 1.29 is 36.2 Å². The van der Waals surface area contributed by atoms with E-state index in [1.807, 2.05) is 24.3 Å². The van der Waals surface area contributed by atoms with Gasteiger partial charge in [-0.25, -0.2) is 0 Å². The largest absolute Gasteiger partial charge is 0.481 e. The number of pyridine rings is 1. The number of aliphatic carboxylic acids is 1. The van der Waals surface area contributed by atoms with Crippen molar-refractivity contribution in [1.29, 1.82) is 0 Å². The number of carboxylic acids is 1. The van der Waals surface area contributed by atoms with Gasteiger partial charge in [0.15, 0.2) is 5.41 Å². The first-order valence-electron chi connectivity index (χ1n) is 12.7. The van der Waals surface area contributed by atoms with Gasteiger partial charge in [0, 0.05) is 51.2 Å². The molecular weight excluding hydrogens is 536 g/mol. The molecule has 1 N–H and O–H groups in total. The van der Waals surface area contributed by atoms with Crippen LogP contribution in [0.1, 0.15) is 30.0 Å². The van der Waals surface area contributed by atoms with Crippen LogP contribution in [0.5, 0.6) is 0 Å². The number of hydrogen-bond acceptors (Lipinski definition) is 4. The molecule has 0 radical (unpaired) electrons. The number of hydrogen-bond donors (Lipinski definition) is 1. The van der Waals surface area contributed by atoms with E-state index in [1.165, 1.54) is 12.1 Å². The molecule has 3 aromatic rings.